The van der Waals surface area contributed by atoms with E-state index in [1.165, 1.54) is 0 Å². The highest BCUT2D eigenvalue weighted by molar-refractivity contribution is 4.36. The van der Waals surface area contributed by atoms with Gasteiger partial charge in [0.25, 0.3) is 0 Å². The molecule has 11 heavy (non-hydrogen) atoms. The molecule has 0 heterocycles. The third-order valence-electron chi connectivity index (χ3n) is 2.09. The second-order valence-corrected chi connectivity index (χ2v) is 3.35. The summed E-state index contributed by atoms with van der Waals surface area (Å²) >= 11 is 0. The number of hydrogen-bond donors (Lipinski definition) is 3. The van der Waals surface area contributed by atoms with E-state index >= 15 is 0 Å². The Kier molecular flexibility index (Phi) is 5.41. The summed E-state index contributed by atoms with van der Waals surface area (Å²) in [5.74, 6) is 0. The zero-order valence-electron chi connectivity index (χ0n) is 7.81. The molecule has 4 nitrogen and oxygen atoms in total. The molecule has 0 unspecified atom stereocenters. The van der Waals surface area contributed by atoms with Crippen LogP contribution >= 0.6 is 0 Å². The van der Waals surface area contributed by atoms with E-state index in [0.717, 1.165) is 43.8 Å². The predicted octanol–water partition coefficient (Wildman–Crippen LogP) is -3.84. The second-order valence-electron chi connectivity index (χ2n) is 3.35. The van der Waals surface area contributed by atoms with E-state index in [1.807, 2.05) is 0 Å². The van der Waals surface area contributed by atoms with Crippen molar-refractivity contribution in [2.24, 2.45) is 0 Å². The fourth-order valence-electron chi connectivity index (χ4n) is 1.48. The summed E-state index contributed by atoms with van der Waals surface area (Å²) in [7, 11) is 2.27. The summed E-state index contributed by atoms with van der Waals surface area (Å²) in [6.45, 7) is 6.50. The fraction of sp³-hybridized carbons (Fsp3) is 1.00. The fourth-order valence-corrected chi connectivity index (χ4v) is 1.48. The lowest BCUT2D eigenvalue weighted by molar-refractivity contribution is -0.922. The van der Waals surface area contributed by atoms with Crippen LogP contribution in [0, 0.1) is 0 Å². The monoisotopic (exact) mass is 164 g/mol. The number of rotatable bonds is 6. The number of hydrogen-bond acceptors (Lipinski definition) is 0. The first-order valence-electron chi connectivity index (χ1n) is 4.40. The first-order chi connectivity index (χ1) is 5.18. The van der Waals surface area contributed by atoms with Gasteiger partial charge in [0.2, 0.25) is 0 Å². The van der Waals surface area contributed by atoms with Crippen molar-refractivity contribution < 1.29 is 21.7 Å². The van der Waals surface area contributed by atoms with Crippen molar-refractivity contribution in [3.63, 3.8) is 0 Å². The zero-order valence-corrected chi connectivity index (χ0v) is 7.81. The maximum Gasteiger partial charge on any atom is 0.128 e. The summed E-state index contributed by atoms with van der Waals surface area (Å²) in [5.41, 5.74) is 11.6. The number of likely N-dealkylation sites (N-methyl/N-ethyl adjacent to an activating group) is 1. The van der Waals surface area contributed by atoms with Gasteiger partial charge in [-0.2, -0.15) is 0 Å². The molecule has 0 spiro atoms. The van der Waals surface area contributed by atoms with Gasteiger partial charge in [-0.05, 0) is 0 Å². The number of quaternary nitrogens is 4. The van der Waals surface area contributed by atoms with Crippen LogP contribution in [0.4, 0.5) is 0 Å². The van der Waals surface area contributed by atoms with Gasteiger partial charge in [0.1, 0.15) is 39.3 Å². The Morgan fingerprint density at radius 2 is 1.09 bits per heavy atom. The summed E-state index contributed by atoms with van der Waals surface area (Å²) in [6.07, 6.45) is 0. The molecule has 0 saturated heterocycles. The van der Waals surface area contributed by atoms with E-state index in [4.69, 9.17) is 0 Å². The van der Waals surface area contributed by atoms with Crippen molar-refractivity contribution in [3.8, 4) is 0 Å². The maximum absolute atomic E-state index is 3.88. The lowest BCUT2D eigenvalue weighted by Gasteiger charge is -2.30. The summed E-state index contributed by atoms with van der Waals surface area (Å²) in [5, 5.41) is 0. The number of nitrogens with zero attached hydrogens (tertiary/aromatic N) is 1. The van der Waals surface area contributed by atoms with Crippen molar-refractivity contribution in [1.82, 2.24) is 0 Å². The average molecular weight is 164 g/mol. The highest BCUT2D eigenvalue weighted by Gasteiger charge is 2.20. The predicted molar refractivity (Wildman–Crippen MR) is 44.1 cm³/mol. The van der Waals surface area contributed by atoms with Crippen molar-refractivity contribution in [3.05, 3.63) is 0 Å². The van der Waals surface area contributed by atoms with Crippen LogP contribution in [0.3, 0.4) is 0 Å². The summed E-state index contributed by atoms with van der Waals surface area (Å²) < 4.78 is 1.09. The second kappa shape index (κ2) is 5.49. The zero-order chi connectivity index (χ0) is 8.74. The molecule has 0 aromatic rings. The highest BCUT2D eigenvalue weighted by Crippen LogP contribution is 1.96. The van der Waals surface area contributed by atoms with Crippen LogP contribution in [0.1, 0.15) is 0 Å². The molecule has 0 aliphatic carbocycles. The Labute approximate surface area is 68.9 Å². The van der Waals surface area contributed by atoms with Crippen LogP contribution in [-0.4, -0.2) is 50.8 Å². The van der Waals surface area contributed by atoms with Crippen LogP contribution < -0.4 is 17.2 Å². The molecule has 0 aliphatic heterocycles. The minimum absolute atomic E-state index is 1.01. The molecule has 4 heteroatoms. The Morgan fingerprint density at radius 1 is 0.818 bits per heavy atom. The molecule has 0 bridgehead atoms. The van der Waals surface area contributed by atoms with Crippen molar-refractivity contribution in [2.45, 2.75) is 0 Å². The van der Waals surface area contributed by atoms with Crippen LogP contribution in [-0.2, 0) is 0 Å². The third kappa shape index (κ3) is 4.31. The molecule has 0 saturated carbocycles. The Bertz CT molecular complexity index is 77.4. The quantitative estimate of drug-likeness (QED) is 0.336. The van der Waals surface area contributed by atoms with Crippen LogP contribution in [0.25, 0.3) is 0 Å². The van der Waals surface area contributed by atoms with Gasteiger partial charge in [0.05, 0.1) is 7.05 Å². The van der Waals surface area contributed by atoms with Gasteiger partial charge in [-0.15, -0.1) is 0 Å². The normalized spacial score (nSPS) is 12.0. The van der Waals surface area contributed by atoms with Crippen molar-refractivity contribution >= 4 is 0 Å². The molecule has 0 aromatic heterocycles. The van der Waals surface area contributed by atoms with E-state index in [2.05, 4.69) is 24.2 Å². The molecule has 0 amide bonds. The minimum Gasteiger partial charge on any atom is -0.353 e. The Hall–Kier alpha value is -0.160. The molecule has 0 fully saturated rings. The molecule has 0 aliphatic rings. The molecular formula is C7H24N4+4. The SMILES string of the molecule is C[N+](CC[NH3+])(CC[NH3+])CC[NH3+]. The lowest BCUT2D eigenvalue weighted by atomic mass is 10.3. The van der Waals surface area contributed by atoms with Crippen molar-refractivity contribution in [1.29, 1.82) is 0 Å². The van der Waals surface area contributed by atoms with E-state index in [0.29, 0.717) is 0 Å². The molecule has 0 aromatic carbocycles. The van der Waals surface area contributed by atoms with Gasteiger partial charge in [0, 0.05) is 0 Å². The van der Waals surface area contributed by atoms with Crippen LogP contribution in [0.2, 0.25) is 0 Å². The average Bonchev–Trinajstić information content (AvgIpc) is 1.88. The molecule has 0 rings (SSSR count). The van der Waals surface area contributed by atoms with E-state index < -0.39 is 0 Å². The Morgan fingerprint density at radius 3 is 1.27 bits per heavy atom. The Balaban J connectivity index is 3.79. The van der Waals surface area contributed by atoms with Crippen LogP contribution in [0.5, 0.6) is 0 Å². The standard InChI is InChI=1S/C7H21N4/c1-11(5-2-8,6-3-9)7-4-10/h2-10H2,1H3/q+1/p+3. The molecule has 68 valence electrons. The highest BCUT2D eigenvalue weighted by atomic mass is 15.3. The molecule has 0 radical (unpaired) electrons. The van der Waals surface area contributed by atoms with Crippen molar-refractivity contribution in [2.75, 3.05) is 46.3 Å². The molecular weight excluding hydrogens is 140 g/mol. The third-order valence-corrected chi connectivity index (χ3v) is 2.09. The summed E-state index contributed by atoms with van der Waals surface area (Å²) in [6, 6.07) is 0. The minimum atomic E-state index is 1.01. The van der Waals surface area contributed by atoms with Gasteiger partial charge in [-0.3, -0.25) is 0 Å². The molecule has 9 N–H and O–H groups in total. The van der Waals surface area contributed by atoms with E-state index in [-0.39, 0.29) is 0 Å². The summed E-state index contributed by atoms with van der Waals surface area (Å²) in [4.78, 5) is 0. The smallest absolute Gasteiger partial charge is 0.128 e. The van der Waals surface area contributed by atoms with Gasteiger partial charge in [-0.25, -0.2) is 0 Å². The van der Waals surface area contributed by atoms with Gasteiger partial charge in [0.15, 0.2) is 0 Å². The van der Waals surface area contributed by atoms with E-state index in [9.17, 15) is 0 Å². The largest absolute Gasteiger partial charge is 0.353 e. The maximum atomic E-state index is 3.88. The van der Waals surface area contributed by atoms with Gasteiger partial charge in [-0.1, -0.05) is 0 Å². The lowest BCUT2D eigenvalue weighted by Crippen LogP contribution is -2.67. The van der Waals surface area contributed by atoms with E-state index in [1.54, 1.807) is 0 Å². The first-order valence-corrected chi connectivity index (χ1v) is 4.40. The topological polar surface area (TPSA) is 82.9 Å². The molecule has 0 atom stereocenters. The van der Waals surface area contributed by atoms with Crippen LogP contribution in [0.15, 0.2) is 0 Å². The first kappa shape index (κ1) is 10.8. The van der Waals surface area contributed by atoms with Gasteiger partial charge >= 0.3 is 0 Å². The van der Waals surface area contributed by atoms with Gasteiger partial charge < -0.3 is 21.7 Å².